The van der Waals surface area contributed by atoms with Gasteiger partial charge in [-0.1, -0.05) is 24.3 Å². The van der Waals surface area contributed by atoms with Crippen molar-refractivity contribution in [1.82, 2.24) is 0 Å². The average Bonchev–Trinajstić information content (AvgIpc) is 2.53. The van der Waals surface area contributed by atoms with E-state index in [4.69, 9.17) is 14.2 Å². The number of benzene rings is 2. The molecule has 0 saturated heterocycles. The van der Waals surface area contributed by atoms with Gasteiger partial charge in [-0.2, -0.15) is 0 Å². The van der Waals surface area contributed by atoms with Crippen LogP contribution in [0.5, 0.6) is 17.2 Å². The van der Waals surface area contributed by atoms with Gasteiger partial charge in [0.25, 0.3) is 0 Å². The molecule has 4 heteroatoms. The van der Waals surface area contributed by atoms with Gasteiger partial charge in [0.2, 0.25) is 0 Å². The van der Waals surface area contributed by atoms with Gasteiger partial charge in [-0.15, -0.1) is 0 Å². The SMILES string of the molecule is COc1cc(OC)c(-c2ccccc2C=O)c(OC)c1. The Labute approximate surface area is 117 Å². The van der Waals surface area contributed by atoms with E-state index >= 15 is 0 Å². The molecule has 0 heterocycles. The van der Waals surface area contributed by atoms with Crippen LogP contribution in [0.4, 0.5) is 0 Å². The lowest BCUT2D eigenvalue weighted by Gasteiger charge is -2.16. The van der Waals surface area contributed by atoms with Gasteiger partial charge in [0.05, 0.1) is 26.9 Å². The van der Waals surface area contributed by atoms with Crippen molar-refractivity contribution < 1.29 is 19.0 Å². The monoisotopic (exact) mass is 272 g/mol. The maximum atomic E-state index is 11.2. The molecule has 0 aliphatic carbocycles. The second-order valence-electron chi connectivity index (χ2n) is 4.11. The summed E-state index contributed by atoms with van der Waals surface area (Å²) in [5, 5.41) is 0. The first kappa shape index (κ1) is 13.9. The Bertz CT molecular complexity index is 595. The highest BCUT2D eigenvalue weighted by atomic mass is 16.5. The minimum absolute atomic E-state index is 0.578. The molecule has 2 aromatic rings. The third kappa shape index (κ3) is 2.45. The van der Waals surface area contributed by atoms with Gasteiger partial charge in [-0.05, 0) is 5.56 Å². The van der Waals surface area contributed by atoms with Crippen molar-refractivity contribution in [3.63, 3.8) is 0 Å². The molecule has 0 atom stereocenters. The Morgan fingerprint density at radius 2 is 1.50 bits per heavy atom. The van der Waals surface area contributed by atoms with Crippen LogP contribution in [0.2, 0.25) is 0 Å². The maximum absolute atomic E-state index is 11.2. The quantitative estimate of drug-likeness (QED) is 0.784. The molecule has 0 aliphatic heterocycles. The summed E-state index contributed by atoms with van der Waals surface area (Å²) < 4.78 is 16.0. The highest BCUT2D eigenvalue weighted by Gasteiger charge is 2.17. The molecule has 0 radical (unpaired) electrons. The third-order valence-corrected chi connectivity index (χ3v) is 3.07. The predicted octanol–water partition coefficient (Wildman–Crippen LogP) is 3.19. The topological polar surface area (TPSA) is 44.8 Å². The molecule has 104 valence electrons. The van der Waals surface area contributed by atoms with Gasteiger partial charge in [-0.25, -0.2) is 0 Å². The standard InChI is InChI=1S/C16H16O4/c1-18-12-8-14(19-2)16(15(9-12)20-3)13-7-5-4-6-11(13)10-17/h4-10H,1-3H3. The van der Waals surface area contributed by atoms with Crippen molar-refractivity contribution in [2.45, 2.75) is 0 Å². The zero-order chi connectivity index (χ0) is 14.5. The summed E-state index contributed by atoms with van der Waals surface area (Å²) in [5.74, 6) is 1.82. The number of carbonyl (C=O) groups is 1. The number of methoxy groups -OCH3 is 3. The van der Waals surface area contributed by atoms with Crippen molar-refractivity contribution in [2.75, 3.05) is 21.3 Å². The van der Waals surface area contributed by atoms with Gasteiger partial charge >= 0.3 is 0 Å². The highest BCUT2D eigenvalue weighted by molar-refractivity contribution is 5.91. The summed E-state index contributed by atoms with van der Waals surface area (Å²) in [4.78, 5) is 11.2. The van der Waals surface area contributed by atoms with E-state index in [1.165, 1.54) is 0 Å². The molecule has 0 aliphatic rings. The smallest absolute Gasteiger partial charge is 0.150 e. The van der Waals surface area contributed by atoms with Crippen molar-refractivity contribution in [3.05, 3.63) is 42.0 Å². The van der Waals surface area contributed by atoms with Crippen molar-refractivity contribution in [3.8, 4) is 28.4 Å². The highest BCUT2D eigenvalue weighted by Crippen LogP contribution is 2.42. The summed E-state index contributed by atoms with van der Waals surface area (Å²) in [6, 6.07) is 10.8. The van der Waals surface area contributed by atoms with Crippen molar-refractivity contribution in [2.24, 2.45) is 0 Å². The molecule has 0 aromatic heterocycles. The second kappa shape index (κ2) is 6.10. The van der Waals surface area contributed by atoms with Gasteiger partial charge in [-0.3, -0.25) is 4.79 Å². The van der Waals surface area contributed by atoms with E-state index in [0.29, 0.717) is 22.8 Å². The van der Waals surface area contributed by atoms with Crippen LogP contribution in [0.1, 0.15) is 10.4 Å². The molecule has 2 rings (SSSR count). The molecular formula is C16H16O4. The molecule has 0 spiro atoms. The van der Waals surface area contributed by atoms with Gasteiger partial charge in [0, 0.05) is 17.7 Å². The first-order valence-corrected chi connectivity index (χ1v) is 6.09. The minimum Gasteiger partial charge on any atom is -0.496 e. The molecule has 20 heavy (non-hydrogen) atoms. The minimum atomic E-state index is 0.578. The van der Waals surface area contributed by atoms with Crippen LogP contribution >= 0.6 is 0 Å². The van der Waals surface area contributed by atoms with E-state index < -0.39 is 0 Å². The molecule has 2 aromatic carbocycles. The summed E-state index contributed by atoms with van der Waals surface area (Å²) in [5.41, 5.74) is 2.08. The number of hydrogen-bond acceptors (Lipinski definition) is 4. The molecular weight excluding hydrogens is 256 g/mol. The van der Waals surface area contributed by atoms with E-state index in [9.17, 15) is 4.79 Å². The molecule has 0 bridgehead atoms. The van der Waals surface area contributed by atoms with Gasteiger partial charge < -0.3 is 14.2 Å². The number of ether oxygens (including phenoxy) is 3. The van der Waals surface area contributed by atoms with Crippen LogP contribution < -0.4 is 14.2 Å². The Morgan fingerprint density at radius 1 is 0.900 bits per heavy atom. The predicted molar refractivity (Wildman–Crippen MR) is 76.9 cm³/mol. The van der Waals surface area contributed by atoms with E-state index in [1.807, 2.05) is 18.2 Å². The molecule has 0 amide bonds. The van der Waals surface area contributed by atoms with Crippen molar-refractivity contribution >= 4 is 6.29 Å². The Hall–Kier alpha value is -2.49. The number of aldehydes is 1. The molecule has 0 saturated carbocycles. The summed E-state index contributed by atoms with van der Waals surface area (Å²) in [6.07, 6.45) is 0.818. The van der Waals surface area contributed by atoms with Crippen LogP contribution in [-0.4, -0.2) is 27.6 Å². The van der Waals surface area contributed by atoms with E-state index in [-0.39, 0.29) is 0 Å². The third-order valence-electron chi connectivity index (χ3n) is 3.07. The fourth-order valence-corrected chi connectivity index (χ4v) is 2.10. The van der Waals surface area contributed by atoms with Crippen LogP contribution in [0.15, 0.2) is 36.4 Å². The number of carbonyl (C=O) groups excluding carboxylic acids is 1. The molecule has 0 fully saturated rings. The summed E-state index contributed by atoms with van der Waals surface area (Å²) in [7, 11) is 4.72. The first-order valence-electron chi connectivity index (χ1n) is 6.09. The Balaban J connectivity index is 2.74. The summed E-state index contributed by atoms with van der Waals surface area (Å²) in [6.45, 7) is 0. The normalized spacial score (nSPS) is 9.95. The fraction of sp³-hybridized carbons (Fsp3) is 0.188. The number of hydrogen-bond donors (Lipinski definition) is 0. The van der Waals surface area contributed by atoms with Crippen LogP contribution in [0, 0.1) is 0 Å². The van der Waals surface area contributed by atoms with Gasteiger partial charge in [0.15, 0.2) is 6.29 Å². The van der Waals surface area contributed by atoms with E-state index in [1.54, 1.807) is 39.5 Å². The lowest BCUT2D eigenvalue weighted by molar-refractivity contribution is 0.112. The lowest BCUT2D eigenvalue weighted by Crippen LogP contribution is -1.97. The fourth-order valence-electron chi connectivity index (χ4n) is 2.10. The molecule has 0 N–H and O–H groups in total. The lowest BCUT2D eigenvalue weighted by atomic mass is 9.98. The van der Waals surface area contributed by atoms with E-state index in [2.05, 4.69) is 0 Å². The first-order chi connectivity index (χ1) is 9.74. The largest absolute Gasteiger partial charge is 0.496 e. The Morgan fingerprint density at radius 3 is 2.00 bits per heavy atom. The van der Waals surface area contributed by atoms with E-state index in [0.717, 1.165) is 17.4 Å². The zero-order valence-corrected chi connectivity index (χ0v) is 11.7. The maximum Gasteiger partial charge on any atom is 0.150 e. The molecule has 0 unspecified atom stereocenters. The second-order valence-corrected chi connectivity index (χ2v) is 4.11. The summed E-state index contributed by atoms with van der Waals surface area (Å²) >= 11 is 0. The van der Waals surface area contributed by atoms with Crippen LogP contribution in [0.25, 0.3) is 11.1 Å². The average molecular weight is 272 g/mol. The Kier molecular flexibility index (Phi) is 4.25. The van der Waals surface area contributed by atoms with Gasteiger partial charge in [0.1, 0.15) is 17.2 Å². The van der Waals surface area contributed by atoms with Crippen molar-refractivity contribution in [1.29, 1.82) is 0 Å². The van der Waals surface area contributed by atoms with Crippen LogP contribution in [-0.2, 0) is 0 Å². The zero-order valence-electron chi connectivity index (χ0n) is 11.7. The van der Waals surface area contributed by atoms with Crippen LogP contribution in [0.3, 0.4) is 0 Å². The number of rotatable bonds is 5. The molecule has 4 nitrogen and oxygen atoms in total.